The van der Waals surface area contributed by atoms with Crippen molar-refractivity contribution in [1.29, 1.82) is 0 Å². The highest BCUT2D eigenvalue weighted by Crippen LogP contribution is 2.28. The van der Waals surface area contributed by atoms with Crippen LogP contribution >= 0.6 is 11.3 Å². The van der Waals surface area contributed by atoms with Crippen LogP contribution < -0.4 is 4.90 Å². The standard InChI is InChI=1S/C24H26N2O2S/c27-23(14-13-21-12-7-17-28-21)26(16-15-19-8-3-1-4-9-19)24-25-22(18-29-24)20-10-5-2-6-11-20/h1-6,8-11,18,21H,7,12-17H2. The van der Waals surface area contributed by atoms with Crippen molar-refractivity contribution < 1.29 is 9.53 Å². The third-order valence-electron chi connectivity index (χ3n) is 5.26. The van der Waals surface area contributed by atoms with Gasteiger partial charge in [-0.3, -0.25) is 9.69 Å². The number of amides is 1. The first-order valence-corrected chi connectivity index (χ1v) is 11.1. The largest absolute Gasteiger partial charge is 0.378 e. The Kier molecular flexibility index (Phi) is 6.70. The van der Waals surface area contributed by atoms with Crippen LogP contribution in [0.1, 0.15) is 31.2 Å². The number of rotatable bonds is 8. The number of carbonyl (C=O) groups excluding carboxylic acids is 1. The van der Waals surface area contributed by atoms with Crippen LogP contribution in [0.15, 0.2) is 66.0 Å². The maximum atomic E-state index is 13.1. The normalized spacial score (nSPS) is 16.1. The average Bonchev–Trinajstić information content (AvgIpc) is 3.46. The van der Waals surface area contributed by atoms with Crippen molar-refractivity contribution in [2.24, 2.45) is 0 Å². The van der Waals surface area contributed by atoms with Crippen LogP contribution in [0.5, 0.6) is 0 Å². The van der Waals surface area contributed by atoms with Crippen molar-refractivity contribution in [1.82, 2.24) is 4.98 Å². The molecule has 4 nitrogen and oxygen atoms in total. The van der Waals surface area contributed by atoms with Crippen molar-refractivity contribution in [2.45, 2.75) is 38.2 Å². The van der Waals surface area contributed by atoms with E-state index in [0.29, 0.717) is 13.0 Å². The molecule has 4 rings (SSSR count). The Morgan fingerprint density at radius 3 is 2.59 bits per heavy atom. The minimum absolute atomic E-state index is 0.130. The van der Waals surface area contributed by atoms with Gasteiger partial charge < -0.3 is 4.74 Å². The second-order valence-corrected chi connectivity index (χ2v) is 8.17. The van der Waals surface area contributed by atoms with Gasteiger partial charge in [-0.25, -0.2) is 4.98 Å². The summed E-state index contributed by atoms with van der Waals surface area (Å²) in [6, 6.07) is 20.4. The van der Waals surface area contributed by atoms with E-state index in [-0.39, 0.29) is 12.0 Å². The topological polar surface area (TPSA) is 42.4 Å². The number of carbonyl (C=O) groups is 1. The number of hydrogen-bond acceptors (Lipinski definition) is 4. The molecular formula is C24H26N2O2S. The fourth-order valence-corrected chi connectivity index (χ4v) is 4.51. The zero-order valence-corrected chi connectivity index (χ0v) is 17.3. The smallest absolute Gasteiger partial charge is 0.228 e. The molecule has 1 aliphatic rings. The van der Waals surface area contributed by atoms with E-state index in [9.17, 15) is 4.79 Å². The molecule has 150 valence electrons. The van der Waals surface area contributed by atoms with Gasteiger partial charge in [-0.1, -0.05) is 60.7 Å². The van der Waals surface area contributed by atoms with E-state index in [2.05, 4.69) is 12.1 Å². The summed E-state index contributed by atoms with van der Waals surface area (Å²) in [5.41, 5.74) is 3.22. The van der Waals surface area contributed by atoms with Gasteiger partial charge in [-0.2, -0.15) is 0 Å². The first kappa shape index (κ1) is 19.8. The van der Waals surface area contributed by atoms with E-state index in [0.717, 1.165) is 48.7 Å². The van der Waals surface area contributed by atoms with E-state index in [4.69, 9.17) is 9.72 Å². The predicted octanol–water partition coefficient (Wildman–Crippen LogP) is 5.35. The van der Waals surface area contributed by atoms with E-state index < -0.39 is 0 Å². The molecule has 3 aromatic rings. The molecule has 0 aliphatic carbocycles. The molecule has 0 radical (unpaired) electrons. The molecule has 1 atom stereocenters. The van der Waals surface area contributed by atoms with Gasteiger partial charge in [0.2, 0.25) is 5.91 Å². The molecule has 1 aliphatic heterocycles. The summed E-state index contributed by atoms with van der Waals surface area (Å²) >= 11 is 1.54. The first-order chi connectivity index (χ1) is 14.3. The lowest BCUT2D eigenvalue weighted by molar-refractivity contribution is -0.119. The zero-order valence-electron chi connectivity index (χ0n) is 16.5. The molecule has 2 aromatic carbocycles. The SMILES string of the molecule is O=C(CCC1CCCO1)N(CCc1ccccc1)c1nc(-c2ccccc2)cs1. The van der Waals surface area contributed by atoms with E-state index >= 15 is 0 Å². The number of anilines is 1. The Hall–Kier alpha value is -2.50. The summed E-state index contributed by atoms with van der Waals surface area (Å²) in [7, 11) is 0. The van der Waals surface area contributed by atoms with E-state index in [1.54, 1.807) is 0 Å². The Balaban J connectivity index is 1.49. The summed E-state index contributed by atoms with van der Waals surface area (Å²) in [5, 5.41) is 2.81. The van der Waals surface area contributed by atoms with Gasteiger partial charge in [-0.05, 0) is 31.2 Å². The Morgan fingerprint density at radius 2 is 1.86 bits per heavy atom. The fraction of sp³-hybridized carbons (Fsp3) is 0.333. The monoisotopic (exact) mass is 406 g/mol. The zero-order chi connectivity index (χ0) is 19.9. The molecule has 0 saturated carbocycles. The van der Waals surface area contributed by atoms with Gasteiger partial charge in [0.15, 0.2) is 5.13 Å². The lowest BCUT2D eigenvalue weighted by atomic mass is 10.1. The van der Waals surface area contributed by atoms with Crippen LogP contribution in [0, 0.1) is 0 Å². The number of benzene rings is 2. The van der Waals surface area contributed by atoms with Crippen molar-refractivity contribution >= 4 is 22.4 Å². The molecule has 1 unspecified atom stereocenters. The number of aromatic nitrogens is 1. The molecule has 0 bridgehead atoms. The van der Waals surface area contributed by atoms with Crippen molar-refractivity contribution in [2.75, 3.05) is 18.1 Å². The van der Waals surface area contributed by atoms with E-state index in [1.165, 1.54) is 16.9 Å². The highest BCUT2D eigenvalue weighted by atomic mass is 32.1. The lowest BCUT2D eigenvalue weighted by Gasteiger charge is -2.21. The van der Waals surface area contributed by atoms with Gasteiger partial charge in [0.05, 0.1) is 11.8 Å². The number of thiazole rings is 1. The molecule has 0 N–H and O–H groups in total. The van der Waals surface area contributed by atoms with Crippen molar-refractivity contribution in [3.63, 3.8) is 0 Å². The molecule has 29 heavy (non-hydrogen) atoms. The second kappa shape index (κ2) is 9.81. The third kappa shape index (κ3) is 5.31. The first-order valence-electron chi connectivity index (χ1n) is 10.3. The summed E-state index contributed by atoms with van der Waals surface area (Å²) in [5.74, 6) is 0.130. The third-order valence-corrected chi connectivity index (χ3v) is 6.13. The van der Waals surface area contributed by atoms with Gasteiger partial charge in [-0.15, -0.1) is 11.3 Å². The van der Waals surface area contributed by atoms with E-state index in [1.807, 2.05) is 58.8 Å². The average molecular weight is 407 g/mol. The summed E-state index contributed by atoms with van der Waals surface area (Å²) < 4.78 is 5.70. The second-order valence-electron chi connectivity index (χ2n) is 7.34. The molecule has 1 saturated heterocycles. The number of hydrogen-bond donors (Lipinski definition) is 0. The lowest BCUT2D eigenvalue weighted by Crippen LogP contribution is -2.33. The summed E-state index contributed by atoms with van der Waals surface area (Å²) in [6.45, 7) is 1.46. The maximum Gasteiger partial charge on any atom is 0.228 e. The van der Waals surface area contributed by atoms with Crippen LogP contribution in [0.3, 0.4) is 0 Å². The van der Waals surface area contributed by atoms with Gasteiger partial charge in [0.25, 0.3) is 0 Å². The van der Waals surface area contributed by atoms with Crippen molar-refractivity contribution in [3.05, 3.63) is 71.6 Å². The Morgan fingerprint density at radius 1 is 1.10 bits per heavy atom. The van der Waals surface area contributed by atoms with Gasteiger partial charge in [0.1, 0.15) is 0 Å². The van der Waals surface area contributed by atoms with Gasteiger partial charge >= 0.3 is 0 Å². The highest BCUT2D eigenvalue weighted by Gasteiger charge is 2.22. The van der Waals surface area contributed by atoms with Crippen LogP contribution in [-0.4, -0.2) is 30.1 Å². The number of nitrogens with zero attached hydrogens (tertiary/aromatic N) is 2. The van der Waals surface area contributed by atoms with Crippen LogP contribution in [0.4, 0.5) is 5.13 Å². The summed E-state index contributed by atoms with van der Waals surface area (Å²) in [6.07, 6.45) is 4.49. The predicted molar refractivity (Wildman–Crippen MR) is 118 cm³/mol. The Bertz CT molecular complexity index is 905. The molecule has 5 heteroatoms. The minimum atomic E-state index is 0.130. The molecule has 1 fully saturated rings. The molecule has 1 aromatic heterocycles. The highest BCUT2D eigenvalue weighted by molar-refractivity contribution is 7.14. The quantitative estimate of drug-likeness (QED) is 0.507. The summed E-state index contributed by atoms with van der Waals surface area (Å²) in [4.78, 5) is 19.8. The molecule has 0 spiro atoms. The van der Waals surface area contributed by atoms with Gasteiger partial charge in [0, 0.05) is 30.5 Å². The molecule has 1 amide bonds. The minimum Gasteiger partial charge on any atom is -0.378 e. The maximum absolute atomic E-state index is 13.1. The molecular weight excluding hydrogens is 380 g/mol. The Labute approximate surface area is 176 Å². The van der Waals surface area contributed by atoms with Crippen LogP contribution in [0.2, 0.25) is 0 Å². The van der Waals surface area contributed by atoms with Crippen LogP contribution in [0.25, 0.3) is 11.3 Å². The van der Waals surface area contributed by atoms with Crippen LogP contribution in [-0.2, 0) is 16.0 Å². The molecule has 2 heterocycles. The fourth-order valence-electron chi connectivity index (χ4n) is 3.63. The number of ether oxygens (including phenoxy) is 1. The van der Waals surface area contributed by atoms with Crippen molar-refractivity contribution in [3.8, 4) is 11.3 Å².